The minimum absolute atomic E-state index is 0.0573. The SMILES string of the molecule is O[C@@H]1CCCC[C@]12CO2. The molecule has 2 aliphatic rings. The highest BCUT2D eigenvalue weighted by Crippen LogP contribution is 2.41. The van der Waals surface area contributed by atoms with Crippen molar-refractivity contribution >= 4 is 0 Å². The average molecular weight is 128 g/mol. The van der Waals surface area contributed by atoms with E-state index < -0.39 is 0 Å². The van der Waals surface area contributed by atoms with Crippen LogP contribution in [0.5, 0.6) is 0 Å². The van der Waals surface area contributed by atoms with Crippen molar-refractivity contribution in [3.63, 3.8) is 0 Å². The van der Waals surface area contributed by atoms with Gasteiger partial charge in [0, 0.05) is 0 Å². The molecular weight excluding hydrogens is 116 g/mol. The van der Waals surface area contributed by atoms with Crippen LogP contribution in [0.25, 0.3) is 0 Å². The lowest BCUT2D eigenvalue weighted by molar-refractivity contribution is 0.0409. The molecule has 0 radical (unpaired) electrons. The van der Waals surface area contributed by atoms with Gasteiger partial charge in [0.1, 0.15) is 5.60 Å². The van der Waals surface area contributed by atoms with Gasteiger partial charge in [-0.15, -0.1) is 0 Å². The zero-order valence-corrected chi connectivity index (χ0v) is 5.47. The van der Waals surface area contributed by atoms with Gasteiger partial charge < -0.3 is 9.84 Å². The largest absolute Gasteiger partial charge is 0.390 e. The molecule has 1 saturated carbocycles. The summed E-state index contributed by atoms with van der Waals surface area (Å²) in [5.74, 6) is 0. The first-order chi connectivity index (χ1) is 4.33. The fourth-order valence-corrected chi connectivity index (χ4v) is 1.62. The maximum absolute atomic E-state index is 9.37. The molecule has 2 nitrogen and oxygen atoms in total. The van der Waals surface area contributed by atoms with E-state index in [2.05, 4.69) is 0 Å². The molecule has 0 aromatic carbocycles. The number of hydrogen-bond donors (Lipinski definition) is 1. The molecule has 1 spiro atoms. The summed E-state index contributed by atoms with van der Waals surface area (Å²) in [6.07, 6.45) is 4.27. The van der Waals surface area contributed by atoms with Gasteiger partial charge in [0.25, 0.3) is 0 Å². The molecule has 2 heteroatoms. The number of aliphatic hydroxyl groups is 1. The monoisotopic (exact) mass is 128 g/mol. The van der Waals surface area contributed by atoms with E-state index in [4.69, 9.17) is 4.74 Å². The second-order valence-corrected chi connectivity index (χ2v) is 3.12. The summed E-state index contributed by atoms with van der Waals surface area (Å²) in [6, 6.07) is 0. The molecule has 9 heavy (non-hydrogen) atoms. The number of hydrogen-bond acceptors (Lipinski definition) is 2. The van der Waals surface area contributed by atoms with E-state index in [9.17, 15) is 5.11 Å². The van der Waals surface area contributed by atoms with Gasteiger partial charge in [-0.05, 0) is 12.8 Å². The molecule has 1 aliphatic carbocycles. The van der Waals surface area contributed by atoms with Crippen LogP contribution in [-0.2, 0) is 4.74 Å². The van der Waals surface area contributed by atoms with Crippen LogP contribution in [0, 0.1) is 0 Å². The average Bonchev–Trinajstić information content (AvgIpc) is 2.60. The molecule has 0 bridgehead atoms. The minimum atomic E-state index is -0.161. The predicted molar refractivity (Wildman–Crippen MR) is 33.2 cm³/mol. The first kappa shape index (κ1) is 5.69. The van der Waals surface area contributed by atoms with Crippen molar-refractivity contribution in [1.29, 1.82) is 0 Å². The van der Waals surface area contributed by atoms with Gasteiger partial charge >= 0.3 is 0 Å². The summed E-state index contributed by atoms with van der Waals surface area (Å²) in [4.78, 5) is 0. The Labute approximate surface area is 54.8 Å². The Kier molecular flexibility index (Phi) is 1.08. The van der Waals surface area contributed by atoms with Gasteiger partial charge in [0.15, 0.2) is 0 Å². The van der Waals surface area contributed by atoms with Gasteiger partial charge in [-0.2, -0.15) is 0 Å². The highest BCUT2D eigenvalue weighted by molar-refractivity contribution is 5.00. The van der Waals surface area contributed by atoms with E-state index in [0.717, 1.165) is 19.4 Å². The molecule has 0 aromatic heterocycles. The van der Waals surface area contributed by atoms with Crippen LogP contribution in [0.2, 0.25) is 0 Å². The van der Waals surface area contributed by atoms with E-state index in [1.165, 1.54) is 12.8 Å². The van der Waals surface area contributed by atoms with Gasteiger partial charge in [-0.3, -0.25) is 0 Å². The van der Waals surface area contributed by atoms with Crippen LogP contribution >= 0.6 is 0 Å². The first-order valence-electron chi connectivity index (χ1n) is 3.66. The Hall–Kier alpha value is -0.0800. The predicted octanol–water partition coefficient (Wildman–Crippen LogP) is 0.690. The first-order valence-corrected chi connectivity index (χ1v) is 3.66. The van der Waals surface area contributed by atoms with Gasteiger partial charge in [0.2, 0.25) is 0 Å². The van der Waals surface area contributed by atoms with Crippen LogP contribution in [0.4, 0.5) is 0 Å². The summed E-state index contributed by atoms with van der Waals surface area (Å²) in [5.41, 5.74) is -0.0573. The Morgan fingerprint density at radius 2 is 2.22 bits per heavy atom. The zero-order chi connectivity index (χ0) is 6.32. The Morgan fingerprint density at radius 1 is 1.44 bits per heavy atom. The van der Waals surface area contributed by atoms with Crippen molar-refractivity contribution < 1.29 is 9.84 Å². The van der Waals surface area contributed by atoms with E-state index in [1.807, 2.05) is 0 Å². The summed E-state index contributed by atoms with van der Waals surface area (Å²) in [5, 5.41) is 9.37. The number of epoxide rings is 1. The van der Waals surface area contributed by atoms with E-state index in [-0.39, 0.29) is 11.7 Å². The van der Waals surface area contributed by atoms with Crippen molar-refractivity contribution in [2.24, 2.45) is 0 Å². The zero-order valence-electron chi connectivity index (χ0n) is 5.47. The lowest BCUT2D eigenvalue weighted by atomic mass is 9.87. The molecule has 1 heterocycles. The van der Waals surface area contributed by atoms with Crippen LogP contribution in [0.1, 0.15) is 25.7 Å². The highest BCUT2D eigenvalue weighted by Gasteiger charge is 2.51. The maximum atomic E-state index is 9.37. The molecular formula is C7H12O2. The quantitative estimate of drug-likeness (QED) is 0.487. The molecule has 2 fully saturated rings. The molecule has 0 amide bonds. The Balaban J connectivity index is 2.03. The molecule has 2 rings (SSSR count). The maximum Gasteiger partial charge on any atom is 0.117 e. The molecule has 0 unspecified atom stereocenters. The summed E-state index contributed by atoms with van der Waals surface area (Å²) < 4.78 is 5.20. The van der Waals surface area contributed by atoms with Crippen molar-refractivity contribution in [3.05, 3.63) is 0 Å². The lowest BCUT2D eigenvalue weighted by Crippen LogP contribution is -2.32. The number of aliphatic hydroxyl groups excluding tert-OH is 1. The second-order valence-electron chi connectivity index (χ2n) is 3.12. The summed E-state index contributed by atoms with van der Waals surface area (Å²) in [7, 11) is 0. The Bertz CT molecular complexity index is 118. The van der Waals surface area contributed by atoms with E-state index in [1.54, 1.807) is 0 Å². The van der Waals surface area contributed by atoms with Crippen molar-refractivity contribution in [1.82, 2.24) is 0 Å². The van der Waals surface area contributed by atoms with Gasteiger partial charge in [0.05, 0.1) is 12.7 Å². The molecule has 1 N–H and O–H groups in total. The highest BCUT2D eigenvalue weighted by atomic mass is 16.6. The molecule has 1 aliphatic heterocycles. The van der Waals surface area contributed by atoms with Crippen LogP contribution in [0.15, 0.2) is 0 Å². The number of ether oxygens (including phenoxy) is 1. The third-order valence-electron chi connectivity index (χ3n) is 2.45. The smallest absolute Gasteiger partial charge is 0.117 e. The lowest BCUT2D eigenvalue weighted by Gasteiger charge is -2.23. The third-order valence-corrected chi connectivity index (χ3v) is 2.45. The second kappa shape index (κ2) is 1.70. The molecule has 2 atom stereocenters. The number of rotatable bonds is 0. The van der Waals surface area contributed by atoms with Crippen LogP contribution in [0.3, 0.4) is 0 Å². The summed E-state index contributed by atoms with van der Waals surface area (Å²) >= 11 is 0. The van der Waals surface area contributed by atoms with Gasteiger partial charge in [-0.1, -0.05) is 12.8 Å². The standard InChI is InChI=1S/C7H12O2/c8-6-3-1-2-4-7(6)5-9-7/h6,8H,1-5H2/t6-,7+/m1/s1. The molecule has 0 aromatic rings. The van der Waals surface area contributed by atoms with Gasteiger partial charge in [-0.25, -0.2) is 0 Å². The minimum Gasteiger partial charge on any atom is -0.390 e. The van der Waals surface area contributed by atoms with Crippen molar-refractivity contribution in [2.45, 2.75) is 37.4 Å². The van der Waals surface area contributed by atoms with Crippen LogP contribution < -0.4 is 0 Å². The fraction of sp³-hybridized carbons (Fsp3) is 1.00. The fourth-order valence-electron chi connectivity index (χ4n) is 1.62. The normalized spacial score (nSPS) is 49.7. The van der Waals surface area contributed by atoms with Crippen LogP contribution in [-0.4, -0.2) is 23.4 Å². The van der Waals surface area contributed by atoms with Crippen molar-refractivity contribution in [2.75, 3.05) is 6.61 Å². The topological polar surface area (TPSA) is 32.8 Å². The van der Waals surface area contributed by atoms with E-state index >= 15 is 0 Å². The van der Waals surface area contributed by atoms with E-state index in [0.29, 0.717) is 0 Å². The Morgan fingerprint density at radius 3 is 2.67 bits per heavy atom. The molecule has 1 saturated heterocycles. The summed E-state index contributed by atoms with van der Waals surface area (Å²) in [6.45, 7) is 0.800. The third kappa shape index (κ3) is 0.775. The molecule has 52 valence electrons. The van der Waals surface area contributed by atoms with Crippen molar-refractivity contribution in [3.8, 4) is 0 Å².